The molecular weight excluding hydrogens is 180 g/mol. The minimum Gasteiger partial charge on any atom is -0.325 e. The SMILES string of the molecule is NCC(=O)Nc1ccc2cn[nH]c2c1. The van der Waals surface area contributed by atoms with Crippen molar-refractivity contribution in [1.82, 2.24) is 10.2 Å². The zero-order valence-electron chi connectivity index (χ0n) is 7.45. The molecular formula is C9H10N4O. The van der Waals surface area contributed by atoms with Gasteiger partial charge in [0, 0.05) is 11.1 Å². The lowest BCUT2D eigenvalue weighted by molar-refractivity contribution is -0.114. The summed E-state index contributed by atoms with van der Waals surface area (Å²) in [5, 5.41) is 10.4. The molecule has 14 heavy (non-hydrogen) atoms. The van der Waals surface area contributed by atoms with Crippen LogP contribution in [0.15, 0.2) is 24.4 Å². The van der Waals surface area contributed by atoms with Crippen molar-refractivity contribution >= 4 is 22.5 Å². The lowest BCUT2D eigenvalue weighted by Crippen LogP contribution is -2.21. The maximum Gasteiger partial charge on any atom is 0.238 e. The van der Waals surface area contributed by atoms with Crippen LogP contribution in [0.25, 0.3) is 10.9 Å². The molecule has 0 radical (unpaired) electrons. The molecule has 1 aromatic carbocycles. The Labute approximate surface area is 80.3 Å². The monoisotopic (exact) mass is 190 g/mol. The number of aromatic nitrogens is 2. The number of rotatable bonds is 2. The number of nitrogens with zero attached hydrogens (tertiary/aromatic N) is 1. The third kappa shape index (κ3) is 1.57. The maximum absolute atomic E-state index is 11.0. The third-order valence-electron chi connectivity index (χ3n) is 1.91. The van der Waals surface area contributed by atoms with Crippen LogP contribution in [-0.4, -0.2) is 22.6 Å². The van der Waals surface area contributed by atoms with Gasteiger partial charge in [0.1, 0.15) is 0 Å². The fourth-order valence-electron chi connectivity index (χ4n) is 1.23. The van der Waals surface area contributed by atoms with Gasteiger partial charge in [0.2, 0.25) is 5.91 Å². The molecule has 0 saturated heterocycles. The molecule has 0 aliphatic heterocycles. The first-order valence-electron chi connectivity index (χ1n) is 4.22. The number of carbonyl (C=O) groups is 1. The Morgan fingerprint density at radius 3 is 3.21 bits per heavy atom. The van der Waals surface area contributed by atoms with Crippen molar-refractivity contribution in [3.63, 3.8) is 0 Å². The number of nitrogens with two attached hydrogens (primary N) is 1. The van der Waals surface area contributed by atoms with Gasteiger partial charge in [0.15, 0.2) is 0 Å². The highest BCUT2D eigenvalue weighted by molar-refractivity contribution is 5.94. The fourth-order valence-corrected chi connectivity index (χ4v) is 1.23. The molecule has 0 unspecified atom stereocenters. The summed E-state index contributed by atoms with van der Waals surface area (Å²) in [5.41, 5.74) is 6.79. The van der Waals surface area contributed by atoms with Gasteiger partial charge in [0.25, 0.3) is 0 Å². The Bertz CT molecular complexity index is 463. The van der Waals surface area contributed by atoms with Crippen LogP contribution in [0, 0.1) is 0 Å². The van der Waals surface area contributed by atoms with Gasteiger partial charge in [-0.1, -0.05) is 0 Å². The van der Waals surface area contributed by atoms with Crippen molar-refractivity contribution in [1.29, 1.82) is 0 Å². The number of H-pyrrole nitrogens is 1. The van der Waals surface area contributed by atoms with E-state index in [1.165, 1.54) is 0 Å². The second-order valence-electron chi connectivity index (χ2n) is 2.92. The molecule has 0 aliphatic rings. The van der Waals surface area contributed by atoms with E-state index < -0.39 is 0 Å². The number of amides is 1. The van der Waals surface area contributed by atoms with E-state index in [-0.39, 0.29) is 12.5 Å². The van der Waals surface area contributed by atoms with Crippen LogP contribution in [0.1, 0.15) is 0 Å². The molecule has 0 saturated carbocycles. The van der Waals surface area contributed by atoms with E-state index >= 15 is 0 Å². The van der Waals surface area contributed by atoms with Crippen molar-refractivity contribution in [2.45, 2.75) is 0 Å². The minimum absolute atomic E-state index is 0.0129. The van der Waals surface area contributed by atoms with Crippen molar-refractivity contribution < 1.29 is 4.79 Å². The van der Waals surface area contributed by atoms with E-state index in [4.69, 9.17) is 5.73 Å². The molecule has 72 valence electrons. The summed E-state index contributed by atoms with van der Waals surface area (Å²) < 4.78 is 0. The van der Waals surface area contributed by atoms with Gasteiger partial charge >= 0.3 is 0 Å². The summed E-state index contributed by atoms with van der Waals surface area (Å²) >= 11 is 0. The Hall–Kier alpha value is -1.88. The molecule has 1 heterocycles. The first-order valence-corrected chi connectivity index (χ1v) is 4.22. The van der Waals surface area contributed by atoms with E-state index in [1.54, 1.807) is 6.20 Å². The first-order chi connectivity index (χ1) is 6.79. The molecule has 0 fully saturated rings. The topological polar surface area (TPSA) is 83.8 Å². The second-order valence-corrected chi connectivity index (χ2v) is 2.92. The number of aromatic amines is 1. The van der Waals surface area contributed by atoms with Crippen LogP contribution < -0.4 is 11.1 Å². The highest BCUT2D eigenvalue weighted by atomic mass is 16.1. The van der Waals surface area contributed by atoms with Crippen LogP contribution >= 0.6 is 0 Å². The molecule has 2 aromatic rings. The van der Waals surface area contributed by atoms with Crippen molar-refractivity contribution in [2.75, 3.05) is 11.9 Å². The highest BCUT2D eigenvalue weighted by Gasteiger charge is 2.00. The van der Waals surface area contributed by atoms with E-state index in [9.17, 15) is 4.79 Å². The summed E-state index contributed by atoms with van der Waals surface area (Å²) in [5.74, 6) is -0.205. The zero-order valence-corrected chi connectivity index (χ0v) is 7.45. The van der Waals surface area contributed by atoms with Crippen molar-refractivity contribution in [3.8, 4) is 0 Å². The third-order valence-corrected chi connectivity index (χ3v) is 1.91. The zero-order chi connectivity index (χ0) is 9.97. The smallest absolute Gasteiger partial charge is 0.238 e. The molecule has 5 heteroatoms. The standard InChI is InChI=1S/C9H10N4O/c10-4-9(14)12-7-2-1-6-5-11-13-8(6)3-7/h1-3,5H,4,10H2,(H,11,13)(H,12,14). The van der Waals surface area contributed by atoms with Gasteiger partial charge in [-0.25, -0.2) is 0 Å². The number of anilines is 1. The Kier molecular flexibility index (Phi) is 2.16. The van der Waals surface area contributed by atoms with Gasteiger partial charge in [-0.05, 0) is 18.2 Å². The average Bonchev–Trinajstić information content (AvgIpc) is 2.64. The Balaban J connectivity index is 2.30. The van der Waals surface area contributed by atoms with Gasteiger partial charge in [-0.15, -0.1) is 0 Å². The molecule has 2 rings (SSSR count). The van der Waals surface area contributed by atoms with Gasteiger partial charge in [0.05, 0.1) is 18.3 Å². The predicted molar refractivity (Wildman–Crippen MR) is 53.8 cm³/mol. The van der Waals surface area contributed by atoms with E-state index in [2.05, 4.69) is 15.5 Å². The Morgan fingerprint density at radius 2 is 2.43 bits per heavy atom. The summed E-state index contributed by atoms with van der Waals surface area (Å²) in [4.78, 5) is 11.0. The maximum atomic E-state index is 11.0. The van der Waals surface area contributed by atoms with E-state index in [1.807, 2.05) is 18.2 Å². The number of hydrogen-bond acceptors (Lipinski definition) is 3. The molecule has 4 N–H and O–H groups in total. The number of nitrogens with one attached hydrogen (secondary N) is 2. The number of benzene rings is 1. The number of fused-ring (bicyclic) bond motifs is 1. The lowest BCUT2D eigenvalue weighted by Gasteiger charge is -2.02. The van der Waals surface area contributed by atoms with E-state index in [0.717, 1.165) is 16.6 Å². The van der Waals surface area contributed by atoms with E-state index in [0.29, 0.717) is 0 Å². The number of carbonyl (C=O) groups excluding carboxylic acids is 1. The molecule has 1 aromatic heterocycles. The van der Waals surface area contributed by atoms with Crippen LogP contribution in [0.4, 0.5) is 5.69 Å². The normalized spacial score (nSPS) is 10.4. The van der Waals surface area contributed by atoms with Crippen LogP contribution in [0.3, 0.4) is 0 Å². The van der Waals surface area contributed by atoms with Gasteiger partial charge < -0.3 is 11.1 Å². The summed E-state index contributed by atoms with van der Waals surface area (Å²) in [6.45, 7) is -0.0129. The molecule has 1 amide bonds. The highest BCUT2D eigenvalue weighted by Crippen LogP contribution is 2.16. The van der Waals surface area contributed by atoms with Gasteiger partial charge in [-0.3, -0.25) is 9.89 Å². The predicted octanol–water partition coefficient (Wildman–Crippen LogP) is 0.460. The molecule has 0 spiro atoms. The minimum atomic E-state index is -0.205. The van der Waals surface area contributed by atoms with Crippen LogP contribution in [0.5, 0.6) is 0 Å². The molecule has 0 bridgehead atoms. The first kappa shape index (κ1) is 8.71. The summed E-state index contributed by atoms with van der Waals surface area (Å²) in [7, 11) is 0. The largest absolute Gasteiger partial charge is 0.325 e. The van der Waals surface area contributed by atoms with Gasteiger partial charge in [-0.2, -0.15) is 5.10 Å². The molecule has 5 nitrogen and oxygen atoms in total. The summed E-state index contributed by atoms with van der Waals surface area (Å²) in [6, 6.07) is 5.51. The fraction of sp³-hybridized carbons (Fsp3) is 0.111. The average molecular weight is 190 g/mol. The quantitative estimate of drug-likeness (QED) is 0.643. The van der Waals surface area contributed by atoms with Crippen molar-refractivity contribution in [2.24, 2.45) is 5.73 Å². The molecule has 0 atom stereocenters. The van der Waals surface area contributed by atoms with Crippen LogP contribution in [-0.2, 0) is 4.79 Å². The summed E-state index contributed by atoms with van der Waals surface area (Å²) in [6.07, 6.45) is 1.73. The lowest BCUT2D eigenvalue weighted by atomic mass is 10.2. The Morgan fingerprint density at radius 1 is 1.57 bits per heavy atom. The van der Waals surface area contributed by atoms with Crippen LogP contribution in [0.2, 0.25) is 0 Å². The number of hydrogen-bond donors (Lipinski definition) is 3. The second kappa shape index (κ2) is 3.47. The van der Waals surface area contributed by atoms with Crippen molar-refractivity contribution in [3.05, 3.63) is 24.4 Å². The molecule has 0 aliphatic carbocycles.